The van der Waals surface area contributed by atoms with E-state index in [1.54, 1.807) is 0 Å². The number of nitrogens with two attached hydrogens (primary N) is 1. The maximum atomic E-state index is 12.4. The maximum Gasteiger partial charge on any atom is 0.418 e. The summed E-state index contributed by atoms with van der Waals surface area (Å²) in [4.78, 5) is 0. The van der Waals surface area contributed by atoms with Gasteiger partial charge in [-0.1, -0.05) is 0 Å². The summed E-state index contributed by atoms with van der Waals surface area (Å²) >= 11 is 0. The van der Waals surface area contributed by atoms with Gasteiger partial charge in [0.05, 0.1) is 5.56 Å². The van der Waals surface area contributed by atoms with Crippen molar-refractivity contribution in [3.8, 4) is 11.5 Å². The number of rotatable bonds is 0. The van der Waals surface area contributed by atoms with Gasteiger partial charge >= 0.3 is 6.18 Å². The summed E-state index contributed by atoms with van der Waals surface area (Å²) in [5.74, 6) is 0.342. The lowest BCUT2D eigenvalue weighted by atomic mass is 10.1. The predicted octanol–water partition coefficient (Wildman–Crippen LogP) is 2.06. The molecule has 0 radical (unpaired) electrons. The second kappa shape index (κ2) is 3.22. The third-order valence-corrected chi connectivity index (χ3v) is 2.02. The van der Waals surface area contributed by atoms with E-state index in [2.05, 4.69) is 0 Å². The summed E-state index contributed by atoms with van der Waals surface area (Å²) in [6, 6.07) is 2.00. The minimum atomic E-state index is -4.47. The quantitative estimate of drug-likeness (QED) is 0.679. The van der Waals surface area contributed by atoms with Crippen LogP contribution < -0.4 is 15.2 Å². The Morgan fingerprint density at radius 3 is 2.13 bits per heavy atom. The zero-order valence-electron chi connectivity index (χ0n) is 7.60. The summed E-state index contributed by atoms with van der Waals surface area (Å²) < 4.78 is 47.5. The highest BCUT2D eigenvalue weighted by molar-refractivity contribution is 5.59. The first-order valence-corrected chi connectivity index (χ1v) is 4.25. The van der Waals surface area contributed by atoms with Gasteiger partial charge in [-0.2, -0.15) is 13.2 Å². The molecule has 1 aliphatic rings. The molecule has 2 rings (SSSR count). The molecule has 0 bridgehead atoms. The van der Waals surface area contributed by atoms with Crippen LogP contribution in [0.2, 0.25) is 0 Å². The Hall–Kier alpha value is -1.59. The van der Waals surface area contributed by atoms with Crippen LogP contribution in [0.5, 0.6) is 11.5 Å². The molecule has 1 aromatic carbocycles. The molecule has 0 spiro atoms. The molecule has 3 nitrogen and oxygen atoms in total. The Labute approximate surface area is 83.6 Å². The van der Waals surface area contributed by atoms with E-state index in [4.69, 9.17) is 15.2 Å². The van der Waals surface area contributed by atoms with Crippen LogP contribution in [-0.2, 0) is 6.18 Å². The van der Waals surface area contributed by atoms with Crippen molar-refractivity contribution >= 4 is 5.69 Å². The van der Waals surface area contributed by atoms with Gasteiger partial charge in [0, 0.05) is 11.8 Å². The van der Waals surface area contributed by atoms with Gasteiger partial charge in [0.25, 0.3) is 0 Å². The summed E-state index contributed by atoms with van der Waals surface area (Å²) in [5, 5.41) is 0. The van der Waals surface area contributed by atoms with E-state index >= 15 is 0 Å². The second-order valence-corrected chi connectivity index (χ2v) is 3.08. The molecule has 0 aromatic heterocycles. The topological polar surface area (TPSA) is 44.5 Å². The molecule has 1 aliphatic heterocycles. The summed E-state index contributed by atoms with van der Waals surface area (Å²) in [6.07, 6.45) is -4.47. The van der Waals surface area contributed by atoms with Crippen LogP contribution in [0.4, 0.5) is 18.9 Å². The van der Waals surface area contributed by atoms with Crippen molar-refractivity contribution in [1.29, 1.82) is 0 Å². The molecule has 0 saturated heterocycles. The first kappa shape index (κ1) is 9.95. The average Bonchev–Trinajstić information content (AvgIpc) is 2.15. The van der Waals surface area contributed by atoms with E-state index in [9.17, 15) is 13.2 Å². The number of benzene rings is 1. The van der Waals surface area contributed by atoms with Gasteiger partial charge in [0.1, 0.15) is 13.2 Å². The highest BCUT2D eigenvalue weighted by Gasteiger charge is 2.34. The van der Waals surface area contributed by atoms with Crippen molar-refractivity contribution in [3.63, 3.8) is 0 Å². The van der Waals surface area contributed by atoms with E-state index in [0.29, 0.717) is 6.61 Å². The minimum Gasteiger partial charge on any atom is -0.486 e. The predicted molar refractivity (Wildman–Crippen MR) is 46.8 cm³/mol. The molecule has 82 valence electrons. The van der Waals surface area contributed by atoms with E-state index in [0.717, 1.165) is 12.1 Å². The number of ether oxygens (including phenoxy) is 2. The van der Waals surface area contributed by atoms with Gasteiger partial charge in [-0.15, -0.1) is 0 Å². The normalized spacial score (nSPS) is 15.1. The molecule has 0 saturated carbocycles. The van der Waals surface area contributed by atoms with Crippen LogP contribution in [0.25, 0.3) is 0 Å². The lowest BCUT2D eigenvalue weighted by Crippen LogP contribution is -2.17. The minimum absolute atomic E-state index is 0.0859. The van der Waals surface area contributed by atoms with E-state index in [1.165, 1.54) is 0 Å². The van der Waals surface area contributed by atoms with Gasteiger partial charge < -0.3 is 15.2 Å². The summed E-state index contributed by atoms with van der Waals surface area (Å²) in [5.41, 5.74) is 4.02. The highest BCUT2D eigenvalue weighted by Crippen LogP contribution is 2.41. The standard InChI is InChI=1S/C9H8F3NO2/c10-9(11,12)5-3-7-8(4-6(5)13)15-2-1-14-7/h3-4H,1-2,13H2. The van der Waals surface area contributed by atoms with Crippen LogP contribution in [0.1, 0.15) is 5.56 Å². The van der Waals surface area contributed by atoms with Crippen LogP contribution in [-0.4, -0.2) is 13.2 Å². The lowest BCUT2D eigenvalue weighted by Gasteiger charge is -2.20. The van der Waals surface area contributed by atoms with Crippen LogP contribution in [0.3, 0.4) is 0 Å². The zero-order valence-corrected chi connectivity index (χ0v) is 7.60. The van der Waals surface area contributed by atoms with Crippen molar-refractivity contribution in [2.75, 3.05) is 18.9 Å². The number of hydrogen-bond donors (Lipinski definition) is 1. The van der Waals surface area contributed by atoms with E-state index < -0.39 is 11.7 Å². The first-order chi connectivity index (χ1) is 6.98. The second-order valence-electron chi connectivity index (χ2n) is 3.08. The molecule has 1 heterocycles. The molecule has 1 aromatic rings. The van der Waals surface area contributed by atoms with Crippen molar-refractivity contribution in [2.45, 2.75) is 6.18 Å². The SMILES string of the molecule is Nc1cc2c(cc1C(F)(F)F)OCCO2. The van der Waals surface area contributed by atoms with Gasteiger partial charge in [-0.05, 0) is 6.07 Å². The lowest BCUT2D eigenvalue weighted by molar-refractivity contribution is -0.137. The van der Waals surface area contributed by atoms with Crippen LogP contribution in [0.15, 0.2) is 12.1 Å². The summed E-state index contributed by atoms with van der Waals surface area (Å²) in [6.45, 7) is 0.562. The van der Waals surface area contributed by atoms with Gasteiger partial charge in [-0.25, -0.2) is 0 Å². The number of hydrogen-bond acceptors (Lipinski definition) is 3. The molecule has 0 fully saturated rings. The fourth-order valence-corrected chi connectivity index (χ4v) is 1.35. The zero-order chi connectivity index (χ0) is 11.1. The largest absolute Gasteiger partial charge is 0.486 e. The molecule has 0 unspecified atom stereocenters. The Kier molecular flexibility index (Phi) is 2.13. The molecular formula is C9H8F3NO2. The Morgan fingerprint density at radius 1 is 1.07 bits per heavy atom. The number of alkyl halides is 3. The summed E-state index contributed by atoms with van der Waals surface area (Å²) in [7, 11) is 0. The van der Waals surface area contributed by atoms with Crippen molar-refractivity contribution in [3.05, 3.63) is 17.7 Å². The smallest absolute Gasteiger partial charge is 0.418 e. The Balaban J connectivity index is 2.50. The average molecular weight is 219 g/mol. The molecule has 15 heavy (non-hydrogen) atoms. The molecule has 0 amide bonds. The fraction of sp³-hybridized carbons (Fsp3) is 0.333. The van der Waals surface area contributed by atoms with Gasteiger partial charge in [0.2, 0.25) is 0 Å². The van der Waals surface area contributed by atoms with E-state index in [-0.39, 0.29) is 23.8 Å². The molecule has 0 atom stereocenters. The molecule has 0 aliphatic carbocycles. The van der Waals surface area contributed by atoms with E-state index in [1.807, 2.05) is 0 Å². The molecular weight excluding hydrogens is 211 g/mol. The molecule has 6 heteroatoms. The number of halogens is 3. The van der Waals surface area contributed by atoms with Gasteiger partial charge in [-0.3, -0.25) is 0 Å². The third-order valence-electron chi connectivity index (χ3n) is 2.02. The number of anilines is 1. The monoisotopic (exact) mass is 219 g/mol. The molecule has 2 N–H and O–H groups in total. The van der Waals surface area contributed by atoms with Crippen molar-refractivity contribution < 1.29 is 22.6 Å². The van der Waals surface area contributed by atoms with Gasteiger partial charge in [0.15, 0.2) is 11.5 Å². The van der Waals surface area contributed by atoms with Crippen molar-refractivity contribution in [1.82, 2.24) is 0 Å². The first-order valence-electron chi connectivity index (χ1n) is 4.25. The van der Waals surface area contributed by atoms with Crippen molar-refractivity contribution in [2.24, 2.45) is 0 Å². The number of nitrogen functional groups attached to an aromatic ring is 1. The Morgan fingerprint density at radius 2 is 1.60 bits per heavy atom. The number of fused-ring (bicyclic) bond motifs is 1. The third kappa shape index (κ3) is 1.79. The highest BCUT2D eigenvalue weighted by atomic mass is 19.4. The van der Waals surface area contributed by atoms with Crippen LogP contribution in [0, 0.1) is 0 Å². The Bertz CT molecular complexity index is 390. The van der Waals surface area contributed by atoms with Crippen LogP contribution >= 0.6 is 0 Å². The fourth-order valence-electron chi connectivity index (χ4n) is 1.35. The maximum absolute atomic E-state index is 12.4.